The summed E-state index contributed by atoms with van der Waals surface area (Å²) in [7, 11) is 0. The summed E-state index contributed by atoms with van der Waals surface area (Å²) in [6, 6.07) is 16.0. The van der Waals surface area contributed by atoms with Gasteiger partial charge in [0.2, 0.25) is 0 Å². The van der Waals surface area contributed by atoms with Crippen molar-refractivity contribution in [3.8, 4) is 16.8 Å². The van der Waals surface area contributed by atoms with Gasteiger partial charge in [0, 0.05) is 41.6 Å². The van der Waals surface area contributed by atoms with Crippen LogP contribution in [0.5, 0.6) is 0 Å². The third kappa shape index (κ3) is 3.55. The van der Waals surface area contributed by atoms with Crippen molar-refractivity contribution in [2.45, 2.75) is 33.0 Å². The zero-order valence-electron chi connectivity index (χ0n) is 18.0. The first-order chi connectivity index (χ1) is 15.0. The number of furan rings is 1. The lowest BCUT2D eigenvalue weighted by Crippen LogP contribution is -2.45. The van der Waals surface area contributed by atoms with Gasteiger partial charge in [-0.2, -0.15) is 0 Å². The first-order valence-corrected chi connectivity index (χ1v) is 10.7. The molecule has 5 heteroatoms. The van der Waals surface area contributed by atoms with Crippen molar-refractivity contribution < 1.29 is 9.15 Å². The maximum Gasteiger partial charge on any atom is 0.262 e. The van der Waals surface area contributed by atoms with E-state index in [1.807, 2.05) is 49.5 Å². The highest BCUT2D eigenvalue weighted by Gasteiger charge is 2.22. The summed E-state index contributed by atoms with van der Waals surface area (Å²) in [5.74, 6) is 0. The fourth-order valence-electron chi connectivity index (χ4n) is 4.66. The summed E-state index contributed by atoms with van der Waals surface area (Å²) in [5.41, 5.74) is 5.03. The van der Waals surface area contributed by atoms with Crippen LogP contribution < -0.4 is 10.5 Å². The van der Waals surface area contributed by atoms with Crippen LogP contribution in [-0.2, 0) is 4.74 Å². The number of ether oxygens (including phenoxy) is 1. The Labute approximate surface area is 181 Å². The Hall–Kier alpha value is -3.31. The Morgan fingerprint density at radius 2 is 1.65 bits per heavy atom. The minimum atomic E-state index is -0.0210. The fourth-order valence-corrected chi connectivity index (χ4v) is 4.66. The lowest BCUT2D eigenvalue weighted by atomic mass is 9.98. The van der Waals surface area contributed by atoms with Crippen LogP contribution in [0.15, 0.2) is 76.5 Å². The van der Waals surface area contributed by atoms with Gasteiger partial charge >= 0.3 is 0 Å². The number of morpholine rings is 1. The molecule has 2 aromatic heterocycles. The zero-order valence-corrected chi connectivity index (χ0v) is 18.0. The van der Waals surface area contributed by atoms with E-state index >= 15 is 0 Å². The molecule has 0 unspecified atom stereocenters. The smallest absolute Gasteiger partial charge is 0.262 e. The van der Waals surface area contributed by atoms with Crippen LogP contribution in [0.3, 0.4) is 0 Å². The van der Waals surface area contributed by atoms with Gasteiger partial charge in [0.1, 0.15) is 0 Å². The van der Waals surface area contributed by atoms with Crippen LogP contribution >= 0.6 is 0 Å². The second-order valence-corrected chi connectivity index (χ2v) is 8.41. The van der Waals surface area contributed by atoms with E-state index in [-0.39, 0.29) is 17.8 Å². The van der Waals surface area contributed by atoms with E-state index < -0.39 is 0 Å². The Morgan fingerprint density at radius 1 is 0.935 bits per heavy atom. The summed E-state index contributed by atoms with van der Waals surface area (Å²) in [6.45, 7) is 8.00. The van der Waals surface area contributed by atoms with E-state index in [1.54, 1.807) is 17.1 Å². The summed E-state index contributed by atoms with van der Waals surface area (Å²) in [5, 5.41) is 1.68. The highest BCUT2D eigenvalue weighted by molar-refractivity contribution is 5.98. The average molecular weight is 415 g/mol. The number of anilines is 1. The van der Waals surface area contributed by atoms with Gasteiger partial charge in [-0.1, -0.05) is 12.1 Å². The van der Waals surface area contributed by atoms with Gasteiger partial charge in [0.25, 0.3) is 5.56 Å². The van der Waals surface area contributed by atoms with Gasteiger partial charge in [0.15, 0.2) is 0 Å². The molecule has 4 aromatic rings. The summed E-state index contributed by atoms with van der Waals surface area (Å²) >= 11 is 0. The first kappa shape index (κ1) is 19.6. The SMILES string of the molecule is Cc1cn(-c2ccc(N3C[C@@H](C)O[C@@H](C)C3)cc2)c(=O)c2cccc(-c3ccoc3)c12. The number of pyridine rings is 1. The molecule has 5 nitrogen and oxygen atoms in total. The lowest BCUT2D eigenvalue weighted by molar-refractivity contribution is -0.00521. The topological polar surface area (TPSA) is 47.6 Å². The number of benzene rings is 2. The monoisotopic (exact) mass is 414 g/mol. The van der Waals surface area contributed by atoms with Gasteiger partial charge in [0.05, 0.1) is 24.7 Å². The van der Waals surface area contributed by atoms with Crippen molar-refractivity contribution in [2.24, 2.45) is 0 Å². The Morgan fingerprint density at radius 3 is 2.32 bits per heavy atom. The number of aromatic nitrogens is 1. The predicted octanol–water partition coefficient (Wildman–Crippen LogP) is 5.17. The highest BCUT2D eigenvalue weighted by Crippen LogP contribution is 2.30. The standard InChI is InChI=1S/C26H26N2O3/c1-17-13-28(22-9-7-21(8-10-22)27-14-18(2)31-19(3)15-27)26(29)24-6-4-5-23(25(17)24)20-11-12-30-16-20/h4-13,16,18-19H,14-15H2,1-3H3/t18-,19+. The number of fused-ring (bicyclic) bond motifs is 1. The highest BCUT2D eigenvalue weighted by atomic mass is 16.5. The lowest BCUT2D eigenvalue weighted by Gasteiger charge is -2.36. The molecule has 1 fully saturated rings. The molecule has 0 aliphatic carbocycles. The molecule has 3 heterocycles. The van der Waals surface area contributed by atoms with Gasteiger partial charge in [-0.3, -0.25) is 9.36 Å². The van der Waals surface area contributed by atoms with Crippen LogP contribution in [0.2, 0.25) is 0 Å². The largest absolute Gasteiger partial charge is 0.472 e. The molecule has 2 aromatic carbocycles. The van der Waals surface area contributed by atoms with E-state index in [0.717, 1.165) is 46.5 Å². The van der Waals surface area contributed by atoms with Crippen molar-refractivity contribution in [2.75, 3.05) is 18.0 Å². The van der Waals surface area contributed by atoms with Gasteiger partial charge < -0.3 is 14.1 Å². The average Bonchev–Trinajstić information content (AvgIpc) is 3.30. The molecule has 0 bridgehead atoms. The molecule has 0 spiro atoms. The number of aryl methyl sites for hydroxylation is 1. The normalized spacial score (nSPS) is 19.1. The number of nitrogens with zero attached hydrogens (tertiary/aromatic N) is 2. The molecule has 0 radical (unpaired) electrons. The van der Waals surface area contributed by atoms with Gasteiger partial charge in [-0.15, -0.1) is 0 Å². The van der Waals surface area contributed by atoms with Crippen molar-refractivity contribution in [3.05, 3.63) is 83.2 Å². The van der Waals surface area contributed by atoms with Gasteiger partial charge in [-0.05, 0) is 73.7 Å². The Bertz CT molecular complexity index is 1260. The third-order valence-electron chi connectivity index (χ3n) is 5.98. The summed E-state index contributed by atoms with van der Waals surface area (Å²) in [6.07, 6.45) is 5.72. The van der Waals surface area contributed by atoms with E-state index in [9.17, 15) is 4.79 Å². The number of hydrogen-bond donors (Lipinski definition) is 0. The maximum absolute atomic E-state index is 13.4. The molecule has 0 saturated carbocycles. The second-order valence-electron chi connectivity index (χ2n) is 8.41. The first-order valence-electron chi connectivity index (χ1n) is 10.7. The van der Waals surface area contributed by atoms with Crippen LogP contribution in [-0.4, -0.2) is 29.9 Å². The van der Waals surface area contributed by atoms with Crippen molar-refractivity contribution in [1.29, 1.82) is 0 Å². The number of hydrogen-bond acceptors (Lipinski definition) is 4. The van der Waals surface area contributed by atoms with Crippen LogP contribution in [0.1, 0.15) is 19.4 Å². The van der Waals surface area contributed by atoms with E-state index in [1.165, 1.54) is 0 Å². The van der Waals surface area contributed by atoms with E-state index in [2.05, 4.69) is 30.9 Å². The zero-order chi connectivity index (χ0) is 21.5. The number of rotatable bonds is 3. The van der Waals surface area contributed by atoms with Crippen LogP contribution in [0.25, 0.3) is 27.6 Å². The fraction of sp³-hybridized carbons (Fsp3) is 0.269. The van der Waals surface area contributed by atoms with Crippen LogP contribution in [0.4, 0.5) is 5.69 Å². The predicted molar refractivity (Wildman–Crippen MR) is 124 cm³/mol. The van der Waals surface area contributed by atoms with E-state index in [4.69, 9.17) is 9.15 Å². The molecular weight excluding hydrogens is 388 g/mol. The molecular formula is C26H26N2O3. The van der Waals surface area contributed by atoms with Crippen molar-refractivity contribution >= 4 is 16.5 Å². The minimum absolute atomic E-state index is 0.0210. The molecule has 0 amide bonds. The summed E-state index contributed by atoms with van der Waals surface area (Å²) in [4.78, 5) is 15.7. The Balaban J connectivity index is 1.55. The quantitative estimate of drug-likeness (QED) is 0.464. The molecule has 1 aliphatic rings. The molecule has 0 N–H and O–H groups in total. The van der Waals surface area contributed by atoms with Gasteiger partial charge in [-0.25, -0.2) is 0 Å². The molecule has 31 heavy (non-hydrogen) atoms. The molecule has 1 saturated heterocycles. The maximum atomic E-state index is 13.4. The molecule has 5 rings (SSSR count). The molecule has 2 atom stereocenters. The second kappa shape index (κ2) is 7.75. The minimum Gasteiger partial charge on any atom is -0.472 e. The van der Waals surface area contributed by atoms with E-state index in [0.29, 0.717) is 5.39 Å². The van der Waals surface area contributed by atoms with Crippen molar-refractivity contribution in [3.63, 3.8) is 0 Å². The molecule has 158 valence electrons. The van der Waals surface area contributed by atoms with Crippen molar-refractivity contribution in [1.82, 2.24) is 4.57 Å². The third-order valence-corrected chi connectivity index (χ3v) is 5.98. The van der Waals surface area contributed by atoms with Crippen LogP contribution in [0, 0.1) is 6.92 Å². The Kier molecular flexibility index (Phi) is 4.91. The summed E-state index contributed by atoms with van der Waals surface area (Å²) < 4.78 is 12.8. The molecule has 1 aliphatic heterocycles.